The molecule has 0 bridgehead atoms. The minimum absolute atomic E-state index is 0.120. The molecule has 3 nitrogen and oxygen atoms in total. The van der Waals surface area contributed by atoms with Crippen LogP contribution in [-0.4, -0.2) is 19.2 Å². The zero-order valence-electron chi connectivity index (χ0n) is 11.5. The van der Waals surface area contributed by atoms with Crippen LogP contribution in [-0.2, 0) is 15.0 Å². The predicted octanol–water partition coefficient (Wildman–Crippen LogP) is 4.32. The van der Waals surface area contributed by atoms with Gasteiger partial charge in [0.25, 0.3) is 3.12 Å². The molecule has 0 radical (unpaired) electrons. The fraction of sp³-hybridized carbons (Fsp3) is 0.429. The Labute approximate surface area is 143 Å². The number of carbonyl (C=O) groups is 2. The van der Waals surface area contributed by atoms with Crippen LogP contribution in [0.2, 0.25) is 0 Å². The van der Waals surface area contributed by atoms with Crippen LogP contribution in [0.3, 0.4) is 0 Å². The lowest BCUT2D eigenvalue weighted by Crippen LogP contribution is -2.35. The fourth-order valence-corrected chi connectivity index (χ4v) is 3.66. The van der Waals surface area contributed by atoms with E-state index in [0.717, 1.165) is 9.87 Å². The molecule has 0 N–H and O–H groups in total. The molecule has 7 heteroatoms. The maximum absolute atomic E-state index is 12.5. The second kappa shape index (κ2) is 5.99. The van der Waals surface area contributed by atoms with Crippen molar-refractivity contribution in [3.05, 3.63) is 35.9 Å². The van der Waals surface area contributed by atoms with Gasteiger partial charge in [0.2, 0.25) is 11.8 Å². The third kappa shape index (κ3) is 3.67. The molecule has 21 heavy (non-hydrogen) atoms. The van der Waals surface area contributed by atoms with Crippen LogP contribution in [0.1, 0.15) is 25.8 Å². The van der Waals surface area contributed by atoms with Gasteiger partial charge >= 0.3 is 0 Å². The monoisotopic (exact) mass is 365 g/mol. The van der Waals surface area contributed by atoms with E-state index in [0.29, 0.717) is 11.9 Å². The summed E-state index contributed by atoms with van der Waals surface area (Å²) >= 11 is 17.6. The minimum Gasteiger partial charge on any atom is -0.273 e. The predicted molar refractivity (Wildman–Crippen MR) is 87.3 cm³/mol. The smallest absolute Gasteiger partial charge is 0.256 e. The van der Waals surface area contributed by atoms with Gasteiger partial charge in [-0.2, -0.15) is 0 Å². The topological polar surface area (TPSA) is 37.4 Å². The van der Waals surface area contributed by atoms with Crippen molar-refractivity contribution in [1.29, 1.82) is 0 Å². The second-order valence-corrected chi connectivity index (χ2v) is 9.52. The summed E-state index contributed by atoms with van der Waals surface area (Å²) in [4.78, 5) is 24.6. The number of carbonyl (C=O) groups excluding carboxylic acids is 2. The van der Waals surface area contributed by atoms with Gasteiger partial charge in [-0.1, -0.05) is 79.0 Å². The standard InChI is InChI=1S/C14H14Cl3NO2S/c1-13(2,9-6-4-3-5-7-9)10-8-11(19)18(12(10)20)21-14(15,16)17/h3-7,10H,8H2,1-2H3. The first-order valence-electron chi connectivity index (χ1n) is 6.31. The number of hydrogen-bond acceptors (Lipinski definition) is 3. The molecule has 1 aliphatic heterocycles. The van der Waals surface area contributed by atoms with E-state index < -0.39 is 14.5 Å². The van der Waals surface area contributed by atoms with Gasteiger partial charge in [0.15, 0.2) is 0 Å². The number of amides is 2. The summed E-state index contributed by atoms with van der Waals surface area (Å²) in [6.45, 7) is 3.89. The van der Waals surface area contributed by atoms with Gasteiger partial charge in [0.05, 0.1) is 5.92 Å². The van der Waals surface area contributed by atoms with Crippen LogP contribution in [0.4, 0.5) is 0 Å². The molecule has 1 saturated heterocycles. The maximum atomic E-state index is 12.5. The lowest BCUT2D eigenvalue weighted by Gasteiger charge is -2.30. The highest BCUT2D eigenvalue weighted by molar-refractivity contribution is 8.03. The molecule has 0 aliphatic carbocycles. The van der Waals surface area contributed by atoms with Crippen molar-refractivity contribution in [2.45, 2.75) is 28.8 Å². The van der Waals surface area contributed by atoms with Gasteiger partial charge in [-0.05, 0) is 5.56 Å². The Bertz CT molecular complexity index is 557. The normalized spacial score (nSPS) is 20.2. The Balaban J connectivity index is 2.26. The van der Waals surface area contributed by atoms with Crippen molar-refractivity contribution >= 4 is 58.6 Å². The lowest BCUT2D eigenvalue weighted by atomic mass is 9.72. The molecule has 1 aliphatic rings. The van der Waals surface area contributed by atoms with E-state index in [-0.39, 0.29) is 18.2 Å². The molecule has 1 atom stereocenters. The number of imide groups is 1. The van der Waals surface area contributed by atoms with Crippen molar-refractivity contribution in [2.75, 3.05) is 0 Å². The molecule has 2 rings (SSSR count). The highest BCUT2D eigenvalue weighted by Gasteiger charge is 2.49. The van der Waals surface area contributed by atoms with Crippen LogP contribution < -0.4 is 0 Å². The first-order chi connectivity index (χ1) is 9.63. The van der Waals surface area contributed by atoms with E-state index in [1.54, 1.807) is 0 Å². The van der Waals surface area contributed by atoms with Crippen molar-refractivity contribution in [1.82, 2.24) is 4.31 Å². The lowest BCUT2D eigenvalue weighted by molar-refractivity contribution is -0.133. The van der Waals surface area contributed by atoms with Crippen molar-refractivity contribution in [3.63, 3.8) is 0 Å². The highest BCUT2D eigenvalue weighted by Crippen LogP contribution is 2.47. The average Bonchev–Trinajstić information content (AvgIpc) is 2.67. The Hall–Kier alpha value is -0.420. The van der Waals surface area contributed by atoms with E-state index in [1.165, 1.54) is 0 Å². The van der Waals surface area contributed by atoms with Gasteiger partial charge in [0.1, 0.15) is 0 Å². The van der Waals surface area contributed by atoms with Gasteiger partial charge in [-0.25, -0.2) is 4.31 Å². The first kappa shape index (κ1) is 16.9. The van der Waals surface area contributed by atoms with Gasteiger partial charge in [0, 0.05) is 23.8 Å². The highest BCUT2D eigenvalue weighted by atomic mass is 35.6. The van der Waals surface area contributed by atoms with Gasteiger partial charge in [-0.3, -0.25) is 9.59 Å². The Morgan fingerprint density at radius 1 is 1.14 bits per heavy atom. The molecule has 1 aromatic carbocycles. The van der Waals surface area contributed by atoms with E-state index in [1.807, 2.05) is 44.2 Å². The summed E-state index contributed by atoms with van der Waals surface area (Å²) in [5, 5.41) is 0. The van der Waals surface area contributed by atoms with Crippen molar-refractivity contribution in [3.8, 4) is 0 Å². The average molecular weight is 367 g/mol. The SMILES string of the molecule is CC(C)(c1ccccc1)C1CC(=O)N(SC(Cl)(Cl)Cl)C1=O. The van der Waals surface area contributed by atoms with Crippen LogP contribution in [0.25, 0.3) is 0 Å². The van der Waals surface area contributed by atoms with Crippen LogP contribution in [0.5, 0.6) is 0 Å². The van der Waals surface area contributed by atoms with E-state index >= 15 is 0 Å². The summed E-state index contributed by atoms with van der Waals surface area (Å²) in [7, 11) is 0. The molecule has 0 aromatic heterocycles. The summed E-state index contributed by atoms with van der Waals surface area (Å²) in [6, 6.07) is 9.62. The molecule has 1 heterocycles. The quantitative estimate of drug-likeness (QED) is 0.454. The zero-order valence-corrected chi connectivity index (χ0v) is 14.6. The number of alkyl halides is 3. The van der Waals surface area contributed by atoms with E-state index in [2.05, 4.69) is 0 Å². The molecule has 2 amide bonds. The summed E-state index contributed by atoms with van der Waals surface area (Å²) in [5.41, 5.74) is 0.522. The maximum Gasteiger partial charge on any atom is 0.256 e. The first-order valence-corrected chi connectivity index (χ1v) is 8.22. The summed E-state index contributed by atoms with van der Waals surface area (Å²) in [5.74, 6) is -1.11. The number of halogens is 3. The van der Waals surface area contributed by atoms with Gasteiger partial charge < -0.3 is 0 Å². The molecule has 0 saturated carbocycles. The van der Waals surface area contributed by atoms with Gasteiger partial charge in [-0.15, -0.1) is 0 Å². The molecule has 114 valence electrons. The zero-order chi connectivity index (χ0) is 15.8. The molecule has 1 fully saturated rings. The summed E-state index contributed by atoms with van der Waals surface area (Å²) in [6.07, 6.45) is 0.120. The minimum atomic E-state index is -1.74. The second-order valence-electron chi connectivity index (χ2n) is 5.41. The van der Waals surface area contributed by atoms with E-state index in [4.69, 9.17) is 34.8 Å². The van der Waals surface area contributed by atoms with Crippen LogP contribution in [0, 0.1) is 5.92 Å². The Kier molecular flexibility index (Phi) is 4.84. The molecule has 0 spiro atoms. The Morgan fingerprint density at radius 2 is 1.71 bits per heavy atom. The Morgan fingerprint density at radius 3 is 2.24 bits per heavy atom. The van der Waals surface area contributed by atoms with Crippen molar-refractivity contribution in [2.24, 2.45) is 5.92 Å². The molecule has 1 unspecified atom stereocenters. The van der Waals surface area contributed by atoms with Crippen molar-refractivity contribution < 1.29 is 9.59 Å². The summed E-state index contributed by atoms with van der Waals surface area (Å²) < 4.78 is -0.764. The molecular weight excluding hydrogens is 353 g/mol. The number of nitrogens with zero attached hydrogens (tertiary/aromatic N) is 1. The third-order valence-electron chi connectivity index (χ3n) is 3.69. The third-order valence-corrected chi connectivity index (χ3v) is 5.08. The van der Waals surface area contributed by atoms with E-state index in [9.17, 15) is 9.59 Å². The van der Waals surface area contributed by atoms with Crippen LogP contribution >= 0.6 is 46.8 Å². The molecule has 1 aromatic rings. The number of benzene rings is 1. The number of hydrogen-bond donors (Lipinski definition) is 0. The fourth-order valence-electron chi connectivity index (χ4n) is 2.44. The molecular formula is C14H14Cl3NO2S. The largest absolute Gasteiger partial charge is 0.273 e. The number of rotatable bonds is 3. The van der Waals surface area contributed by atoms with Crippen LogP contribution in [0.15, 0.2) is 30.3 Å².